The van der Waals surface area contributed by atoms with E-state index in [0.29, 0.717) is 11.6 Å². The van der Waals surface area contributed by atoms with E-state index in [9.17, 15) is 9.59 Å². The predicted octanol–water partition coefficient (Wildman–Crippen LogP) is 1.88. The Hall–Kier alpha value is -2.15. The first-order valence-electron chi connectivity index (χ1n) is 5.95. The molecule has 0 saturated heterocycles. The van der Waals surface area contributed by atoms with Crippen LogP contribution in [-0.4, -0.2) is 40.0 Å². The van der Waals surface area contributed by atoms with Crippen molar-refractivity contribution < 1.29 is 19.1 Å². The van der Waals surface area contributed by atoms with Crippen LogP contribution in [0.25, 0.3) is 10.8 Å². The largest absolute Gasteiger partial charge is 0.480 e. The van der Waals surface area contributed by atoms with E-state index < -0.39 is 12.0 Å². The van der Waals surface area contributed by atoms with Crippen LogP contribution in [0.5, 0.6) is 0 Å². The molecule has 6 nitrogen and oxygen atoms in total. The Kier molecular flexibility index (Phi) is 4.19. The zero-order valence-electron chi connectivity index (χ0n) is 11.1. The Morgan fingerprint density at radius 1 is 1.55 bits per heavy atom. The molecule has 7 heteroatoms. The van der Waals surface area contributed by atoms with Crippen molar-refractivity contribution in [3.8, 4) is 10.8 Å². The number of thiophene rings is 1. The van der Waals surface area contributed by atoms with Crippen LogP contribution in [0.1, 0.15) is 12.6 Å². The minimum absolute atomic E-state index is 0.0169. The molecule has 0 bridgehead atoms. The van der Waals surface area contributed by atoms with Crippen molar-refractivity contribution in [3.63, 3.8) is 0 Å². The third-order valence-corrected chi connectivity index (χ3v) is 3.81. The SMILES string of the molecule is CC(C(=O)O)N(C)C(=O)Cc1coc(-c2cccs2)n1. The third kappa shape index (κ3) is 3.05. The lowest BCUT2D eigenvalue weighted by atomic mass is 10.2. The molecular formula is C13H14N2O4S. The number of likely N-dealkylation sites (N-methyl/N-ethyl adjacent to an activating group) is 1. The highest BCUT2D eigenvalue weighted by atomic mass is 32.1. The summed E-state index contributed by atoms with van der Waals surface area (Å²) >= 11 is 1.49. The van der Waals surface area contributed by atoms with Crippen molar-refractivity contribution in [2.45, 2.75) is 19.4 Å². The molecule has 0 aromatic carbocycles. The van der Waals surface area contributed by atoms with E-state index >= 15 is 0 Å². The number of nitrogens with zero attached hydrogens (tertiary/aromatic N) is 2. The Morgan fingerprint density at radius 2 is 2.30 bits per heavy atom. The topological polar surface area (TPSA) is 83.6 Å². The molecule has 20 heavy (non-hydrogen) atoms. The number of amides is 1. The number of carboxylic acids is 1. The lowest BCUT2D eigenvalue weighted by Crippen LogP contribution is -2.41. The first kappa shape index (κ1) is 14.3. The standard InChI is InChI=1S/C13H14N2O4S/c1-8(13(17)18)15(2)11(16)6-9-7-19-12(14-9)10-4-3-5-20-10/h3-5,7-8H,6H2,1-2H3,(H,17,18). The molecule has 0 fully saturated rings. The van der Waals surface area contributed by atoms with Gasteiger partial charge < -0.3 is 14.4 Å². The summed E-state index contributed by atoms with van der Waals surface area (Å²) in [5, 5.41) is 10.8. The molecule has 1 amide bonds. The van der Waals surface area contributed by atoms with Gasteiger partial charge in [-0.2, -0.15) is 0 Å². The number of carboxylic acid groups (broad SMARTS) is 1. The normalized spacial score (nSPS) is 12.1. The fraction of sp³-hybridized carbons (Fsp3) is 0.308. The number of carbonyl (C=O) groups excluding carboxylic acids is 1. The summed E-state index contributed by atoms with van der Waals surface area (Å²) in [6.45, 7) is 1.46. The highest BCUT2D eigenvalue weighted by molar-refractivity contribution is 7.13. The maximum absolute atomic E-state index is 11.9. The van der Waals surface area contributed by atoms with Crippen molar-refractivity contribution in [2.24, 2.45) is 0 Å². The summed E-state index contributed by atoms with van der Waals surface area (Å²) in [6, 6.07) is 2.89. The predicted molar refractivity (Wildman–Crippen MR) is 73.4 cm³/mol. The second kappa shape index (κ2) is 5.87. The van der Waals surface area contributed by atoms with E-state index in [2.05, 4.69) is 4.98 Å². The summed E-state index contributed by atoms with van der Waals surface area (Å²) in [7, 11) is 1.46. The molecule has 1 unspecified atom stereocenters. The molecule has 0 saturated carbocycles. The molecule has 0 aliphatic rings. The number of aliphatic carboxylic acids is 1. The average Bonchev–Trinajstić information content (AvgIpc) is 3.06. The summed E-state index contributed by atoms with van der Waals surface area (Å²) in [5.74, 6) is -0.886. The fourth-order valence-electron chi connectivity index (χ4n) is 1.56. The third-order valence-electron chi connectivity index (χ3n) is 2.95. The van der Waals surface area contributed by atoms with Gasteiger partial charge in [0.15, 0.2) is 0 Å². The van der Waals surface area contributed by atoms with Crippen molar-refractivity contribution >= 4 is 23.2 Å². The van der Waals surface area contributed by atoms with Crippen LogP contribution < -0.4 is 0 Å². The van der Waals surface area contributed by atoms with Gasteiger partial charge in [-0.25, -0.2) is 9.78 Å². The molecule has 2 rings (SSSR count). The number of hydrogen-bond donors (Lipinski definition) is 1. The number of carbonyl (C=O) groups is 2. The summed E-state index contributed by atoms with van der Waals surface area (Å²) < 4.78 is 5.31. The van der Waals surface area contributed by atoms with Gasteiger partial charge in [0, 0.05) is 7.05 Å². The highest BCUT2D eigenvalue weighted by Gasteiger charge is 2.22. The van der Waals surface area contributed by atoms with Gasteiger partial charge in [-0.1, -0.05) is 6.07 Å². The Morgan fingerprint density at radius 3 is 2.90 bits per heavy atom. The Bertz CT molecular complexity index is 606. The van der Waals surface area contributed by atoms with Crippen LogP contribution >= 0.6 is 11.3 Å². The van der Waals surface area contributed by atoms with Crippen molar-refractivity contribution in [3.05, 3.63) is 29.5 Å². The molecule has 1 N–H and O–H groups in total. The van der Waals surface area contributed by atoms with E-state index in [1.807, 2.05) is 17.5 Å². The maximum Gasteiger partial charge on any atom is 0.326 e. The van der Waals surface area contributed by atoms with Gasteiger partial charge in [0.25, 0.3) is 0 Å². The molecule has 2 heterocycles. The molecule has 0 radical (unpaired) electrons. The van der Waals surface area contributed by atoms with Crippen LogP contribution in [-0.2, 0) is 16.0 Å². The monoisotopic (exact) mass is 294 g/mol. The maximum atomic E-state index is 11.9. The molecular weight excluding hydrogens is 280 g/mol. The van der Waals surface area contributed by atoms with E-state index in [-0.39, 0.29) is 12.3 Å². The van der Waals surface area contributed by atoms with Crippen molar-refractivity contribution in [2.75, 3.05) is 7.05 Å². The van der Waals surface area contributed by atoms with Gasteiger partial charge in [-0.15, -0.1) is 11.3 Å². The van der Waals surface area contributed by atoms with Gasteiger partial charge >= 0.3 is 5.97 Å². The second-order valence-electron chi connectivity index (χ2n) is 4.32. The van der Waals surface area contributed by atoms with Gasteiger partial charge in [-0.3, -0.25) is 4.79 Å². The highest BCUT2D eigenvalue weighted by Crippen LogP contribution is 2.23. The Balaban J connectivity index is 2.04. The minimum Gasteiger partial charge on any atom is -0.480 e. The minimum atomic E-state index is -1.04. The summed E-state index contributed by atoms with van der Waals surface area (Å²) in [6.07, 6.45) is 1.44. The quantitative estimate of drug-likeness (QED) is 0.910. The zero-order chi connectivity index (χ0) is 14.7. The molecule has 0 aliphatic carbocycles. The van der Waals surface area contributed by atoms with Gasteiger partial charge in [0.05, 0.1) is 17.0 Å². The number of rotatable bonds is 5. The first-order chi connectivity index (χ1) is 9.49. The van der Waals surface area contributed by atoms with E-state index in [0.717, 1.165) is 4.88 Å². The van der Waals surface area contributed by atoms with E-state index in [1.165, 1.54) is 36.5 Å². The van der Waals surface area contributed by atoms with Gasteiger partial charge in [-0.05, 0) is 18.4 Å². The number of oxazole rings is 1. The van der Waals surface area contributed by atoms with Crippen LogP contribution in [0.4, 0.5) is 0 Å². The van der Waals surface area contributed by atoms with Crippen molar-refractivity contribution in [1.29, 1.82) is 0 Å². The molecule has 0 aliphatic heterocycles. The van der Waals surface area contributed by atoms with Gasteiger partial charge in [0.1, 0.15) is 12.3 Å². The number of aromatic nitrogens is 1. The smallest absolute Gasteiger partial charge is 0.326 e. The Labute approximate surface area is 119 Å². The van der Waals surface area contributed by atoms with E-state index in [1.54, 1.807) is 0 Å². The van der Waals surface area contributed by atoms with Gasteiger partial charge in [0.2, 0.25) is 11.8 Å². The fourth-order valence-corrected chi connectivity index (χ4v) is 2.22. The summed E-state index contributed by atoms with van der Waals surface area (Å²) in [4.78, 5) is 29.1. The summed E-state index contributed by atoms with van der Waals surface area (Å²) in [5.41, 5.74) is 0.489. The second-order valence-corrected chi connectivity index (χ2v) is 5.26. The molecule has 2 aromatic rings. The molecule has 1 atom stereocenters. The van der Waals surface area contributed by atoms with E-state index in [4.69, 9.17) is 9.52 Å². The number of hydrogen-bond acceptors (Lipinski definition) is 5. The zero-order valence-corrected chi connectivity index (χ0v) is 11.9. The first-order valence-corrected chi connectivity index (χ1v) is 6.83. The molecule has 106 valence electrons. The average molecular weight is 294 g/mol. The lowest BCUT2D eigenvalue weighted by Gasteiger charge is -2.20. The van der Waals surface area contributed by atoms with Crippen LogP contribution in [0.2, 0.25) is 0 Å². The van der Waals surface area contributed by atoms with Crippen LogP contribution in [0.3, 0.4) is 0 Å². The molecule has 2 aromatic heterocycles. The van der Waals surface area contributed by atoms with Crippen LogP contribution in [0, 0.1) is 0 Å². The van der Waals surface area contributed by atoms with Crippen LogP contribution in [0.15, 0.2) is 28.2 Å². The lowest BCUT2D eigenvalue weighted by molar-refractivity contribution is -0.148. The molecule has 0 spiro atoms. The van der Waals surface area contributed by atoms with Crippen molar-refractivity contribution in [1.82, 2.24) is 9.88 Å².